The molecule has 1 aliphatic carbocycles. The summed E-state index contributed by atoms with van der Waals surface area (Å²) in [6, 6.07) is 0.400. The molecule has 98 valence electrons. The van der Waals surface area contributed by atoms with Gasteiger partial charge in [0.15, 0.2) is 0 Å². The van der Waals surface area contributed by atoms with Crippen molar-refractivity contribution in [3.05, 3.63) is 21.6 Å². The lowest BCUT2D eigenvalue weighted by atomic mass is 10.3. The third-order valence-electron chi connectivity index (χ3n) is 2.63. The van der Waals surface area contributed by atoms with Crippen LogP contribution in [0.5, 0.6) is 0 Å². The molecule has 1 saturated carbocycles. The molecule has 0 radical (unpaired) electrons. The van der Waals surface area contributed by atoms with Crippen molar-refractivity contribution < 1.29 is 4.79 Å². The summed E-state index contributed by atoms with van der Waals surface area (Å²) in [6.45, 7) is 0.572. The largest absolute Gasteiger partial charge is 0.382 e. The lowest BCUT2D eigenvalue weighted by Gasteiger charge is -2.07. The first-order valence-corrected chi connectivity index (χ1v) is 6.31. The Morgan fingerprint density at radius 3 is 3.06 bits per heavy atom. The molecular formula is C11H15ClN4O2. The third kappa shape index (κ3) is 3.73. The number of H-pyrrole nitrogens is 1. The van der Waals surface area contributed by atoms with Crippen LogP contribution in [0.2, 0.25) is 5.02 Å². The van der Waals surface area contributed by atoms with E-state index in [4.69, 9.17) is 11.6 Å². The molecule has 2 rings (SSSR count). The molecule has 1 fully saturated rings. The fraction of sp³-hybridized carbons (Fsp3) is 0.545. The van der Waals surface area contributed by atoms with Gasteiger partial charge in [-0.2, -0.15) is 5.10 Å². The summed E-state index contributed by atoms with van der Waals surface area (Å²) in [6.07, 6.45) is 4.80. The van der Waals surface area contributed by atoms with Crippen molar-refractivity contribution in [1.29, 1.82) is 0 Å². The third-order valence-corrected chi connectivity index (χ3v) is 3.01. The van der Waals surface area contributed by atoms with Gasteiger partial charge in [-0.25, -0.2) is 5.10 Å². The molecule has 6 nitrogen and oxygen atoms in total. The summed E-state index contributed by atoms with van der Waals surface area (Å²) in [7, 11) is 0. The van der Waals surface area contributed by atoms with E-state index >= 15 is 0 Å². The molecule has 0 spiro atoms. The Labute approximate surface area is 109 Å². The van der Waals surface area contributed by atoms with Crippen LogP contribution < -0.4 is 16.2 Å². The van der Waals surface area contributed by atoms with E-state index in [9.17, 15) is 9.59 Å². The Balaban J connectivity index is 1.69. The molecule has 0 unspecified atom stereocenters. The van der Waals surface area contributed by atoms with Crippen molar-refractivity contribution in [3.63, 3.8) is 0 Å². The van der Waals surface area contributed by atoms with Crippen molar-refractivity contribution in [2.75, 3.05) is 11.9 Å². The number of carbonyl (C=O) groups excluding carboxylic acids is 1. The summed E-state index contributed by atoms with van der Waals surface area (Å²) in [5, 5.41) is 11.9. The highest BCUT2D eigenvalue weighted by Crippen LogP contribution is 2.18. The zero-order valence-electron chi connectivity index (χ0n) is 9.83. The van der Waals surface area contributed by atoms with Crippen LogP contribution in [-0.4, -0.2) is 28.7 Å². The van der Waals surface area contributed by atoms with Crippen LogP contribution in [0.25, 0.3) is 0 Å². The topological polar surface area (TPSA) is 86.9 Å². The minimum Gasteiger partial charge on any atom is -0.382 e. The molecule has 3 N–H and O–H groups in total. The van der Waals surface area contributed by atoms with E-state index in [0.29, 0.717) is 31.1 Å². The Kier molecular flexibility index (Phi) is 4.19. The predicted octanol–water partition coefficient (Wildman–Crippen LogP) is 0.894. The van der Waals surface area contributed by atoms with Crippen molar-refractivity contribution in [3.8, 4) is 0 Å². The van der Waals surface area contributed by atoms with Crippen LogP contribution in [0.3, 0.4) is 0 Å². The Morgan fingerprint density at radius 2 is 2.33 bits per heavy atom. The molecule has 0 atom stereocenters. The van der Waals surface area contributed by atoms with E-state index in [2.05, 4.69) is 20.8 Å². The second kappa shape index (κ2) is 5.86. The van der Waals surface area contributed by atoms with Gasteiger partial charge < -0.3 is 10.6 Å². The molecule has 1 heterocycles. The van der Waals surface area contributed by atoms with Gasteiger partial charge in [0, 0.05) is 19.0 Å². The molecule has 1 amide bonds. The van der Waals surface area contributed by atoms with Crippen molar-refractivity contribution in [1.82, 2.24) is 15.5 Å². The van der Waals surface area contributed by atoms with Gasteiger partial charge in [0.05, 0.1) is 11.9 Å². The van der Waals surface area contributed by atoms with Gasteiger partial charge in [-0.1, -0.05) is 11.6 Å². The maximum Gasteiger partial charge on any atom is 0.285 e. The van der Waals surface area contributed by atoms with Crippen molar-refractivity contribution >= 4 is 23.2 Å². The number of hydrogen-bond donors (Lipinski definition) is 3. The van der Waals surface area contributed by atoms with E-state index in [0.717, 1.165) is 12.8 Å². The van der Waals surface area contributed by atoms with Crippen LogP contribution in [0.1, 0.15) is 25.7 Å². The Bertz CT molecular complexity index is 484. The molecule has 0 aromatic carbocycles. The van der Waals surface area contributed by atoms with Gasteiger partial charge in [-0.3, -0.25) is 9.59 Å². The summed E-state index contributed by atoms with van der Waals surface area (Å²) in [4.78, 5) is 22.5. The smallest absolute Gasteiger partial charge is 0.285 e. The normalized spacial score (nSPS) is 14.3. The number of anilines is 1. The fourth-order valence-corrected chi connectivity index (χ4v) is 1.66. The van der Waals surface area contributed by atoms with Crippen molar-refractivity contribution in [2.24, 2.45) is 0 Å². The zero-order valence-corrected chi connectivity index (χ0v) is 10.6. The van der Waals surface area contributed by atoms with E-state index < -0.39 is 5.56 Å². The number of nitrogens with zero attached hydrogens (tertiary/aromatic N) is 1. The Morgan fingerprint density at radius 1 is 1.56 bits per heavy atom. The van der Waals surface area contributed by atoms with Crippen LogP contribution in [0.4, 0.5) is 5.69 Å². The number of amides is 1. The van der Waals surface area contributed by atoms with Crippen LogP contribution >= 0.6 is 11.6 Å². The zero-order chi connectivity index (χ0) is 13.0. The van der Waals surface area contributed by atoms with Gasteiger partial charge in [-0.05, 0) is 19.3 Å². The van der Waals surface area contributed by atoms with Crippen LogP contribution in [0, 0.1) is 0 Å². The fourth-order valence-electron chi connectivity index (χ4n) is 1.51. The van der Waals surface area contributed by atoms with Crippen LogP contribution in [-0.2, 0) is 4.79 Å². The quantitative estimate of drug-likeness (QED) is 0.670. The highest BCUT2D eigenvalue weighted by Gasteiger charge is 2.22. The van der Waals surface area contributed by atoms with Gasteiger partial charge in [0.25, 0.3) is 5.56 Å². The van der Waals surface area contributed by atoms with Gasteiger partial charge in [-0.15, -0.1) is 0 Å². The first-order valence-electron chi connectivity index (χ1n) is 5.93. The summed E-state index contributed by atoms with van der Waals surface area (Å²) < 4.78 is 0. The molecule has 1 aromatic heterocycles. The van der Waals surface area contributed by atoms with E-state index in [1.54, 1.807) is 0 Å². The summed E-state index contributed by atoms with van der Waals surface area (Å²) in [5.41, 5.74) is 0.0659. The predicted molar refractivity (Wildman–Crippen MR) is 68.8 cm³/mol. The molecule has 0 saturated heterocycles. The van der Waals surface area contributed by atoms with Gasteiger partial charge >= 0.3 is 0 Å². The summed E-state index contributed by atoms with van der Waals surface area (Å²) >= 11 is 5.79. The molecule has 1 aliphatic rings. The monoisotopic (exact) mass is 270 g/mol. The number of carbonyl (C=O) groups is 1. The maximum absolute atomic E-state index is 11.4. The number of aromatic amines is 1. The van der Waals surface area contributed by atoms with E-state index in [-0.39, 0.29) is 10.9 Å². The maximum atomic E-state index is 11.4. The first-order chi connectivity index (χ1) is 8.66. The SMILES string of the molecule is O=C(CCCNc1cn[nH]c(=O)c1Cl)NC1CC1. The molecule has 18 heavy (non-hydrogen) atoms. The number of halogens is 1. The average Bonchev–Trinajstić information content (AvgIpc) is 3.13. The Hall–Kier alpha value is -1.56. The standard InChI is InChI=1S/C11H15ClN4O2/c12-10-8(6-14-16-11(10)18)13-5-1-2-9(17)15-7-3-4-7/h6-7H,1-5H2,(H,15,17)(H2,13,16,18). The highest BCUT2D eigenvalue weighted by molar-refractivity contribution is 6.32. The lowest BCUT2D eigenvalue weighted by Crippen LogP contribution is -2.25. The van der Waals surface area contributed by atoms with Crippen molar-refractivity contribution in [2.45, 2.75) is 31.7 Å². The van der Waals surface area contributed by atoms with Gasteiger partial charge in [0.1, 0.15) is 5.02 Å². The summed E-state index contributed by atoms with van der Waals surface area (Å²) in [5.74, 6) is 0.0782. The van der Waals surface area contributed by atoms with Crippen LogP contribution in [0.15, 0.2) is 11.0 Å². The number of rotatable bonds is 6. The lowest BCUT2D eigenvalue weighted by molar-refractivity contribution is -0.121. The molecular weight excluding hydrogens is 256 g/mol. The average molecular weight is 271 g/mol. The van der Waals surface area contributed by atoms with E-state index in [1.165, 1.54) is 6.20 Å². The number of aromatic nitrogens is 2. The molecule has 1 aromatic rings. The molecule has 0 bridgehead atoms. The minimum atomic E-state index is -0.423. The number of nitrogens with one attached hydrogen (secondary N) is 3. The second-order valence-corrected chi connectivity index (χ2v) is 4.68. The first kappa shape index (κ1) is 12.9. The highest BCUT2D eigenvalue weighted by atomic mass is 35.5. The van der Waals surface area contributed by atoms with E-state index in [1.807, 2.05) is 0 Å². The van der Waals surface area contributed by atoms with Gasteiger partial charge in [0.2, 0.25) is 5.91 Å². The molecule has 7 heteroatoms. The second-order valence-electron chi connectivity index (χ2n) is 4.30. The minimum absolute atomic E-state index is 0.0782. The number of hydrogen-bond acceptors (Lipinski definition) is 4. The molecule has 0 aliphatic heterocycles.